The Morgan fingerprint density at radius 1 is 1.85 bits per heavy atom. The Kier molecular flexibility index (Phi) is 3.88. The van der Waals surface area contributed by atoms with Gasteiger partial charge in [0.15, 0.2) is 0 Å². The summed E-state index contributed by atoms with van der Waals surface area (Å²) >= 11 is 3.25. The van der Waals surface area contributed by atoms with E-state index in [1.54, 1.807) is 0 Å². The predicted molar refractivity (Wildman–Crippen MR) is 51.2 cm³/mol. The molecule has 1 aromatic rings. The topological polar surface area (TPSA) is 70.7 Å². The number of aromatic nitrogens is 3. The molecule has 1 aromatic heterocycles. The van der Waals surface area contributed by atoms with Gasteiger partial charge in [-0.1, -0.05) is 22.9 Å². The Morgan fingerprint density at radius 3 is 3.15 bits per heavy atom. The molecule has 0 fully saturated rings. The molecule has 0 saturated carbocycles. The standard InChI is InChI=1S/C7H11BrN4O/c1-2-5(8)7(13)9-3-6-10-4-11-12-6/h4-5H,2-3H2,1H3,(H,9,13)(H,10,11,12). The van der Waals surface area contributed by atoms with Crippen LogP contribution >= 0.6 is 15.9 Å². The van der Waals surface area contributed by atoms with Crippen molar-refractivity contribution in [2.75, 3.05) is 0 Å². The van der Waals surface area contributed by atoms with Crippen molar-refractivity contribution in [1.29, 1.82) is 0 Å². The minimum atomic E-state index is -0.129. The summed E-state index contributed by atoms with van der Waals surface area (Å²) in [4.78, 5) is 15.0. The molecule has 0 aliphatic heterocycles. The summed E-state index contributed by atoms with van der Waals surface area (Å²) in [6.45, 7) is 2.33. The number of rotatable bonds is 4. The van der Waals surface area contributed by atoms with E-state index in [0.717, 1.165) is 6.42 Å². The molecule has 1 rings (SSSR count). The third-order valence-electron chi connectivity index (χ3n) is 1.54. The van der Waals surface area contributed by atoms with Gasteiger partial charge in [-0.3, -0.25) is 9.89 Å². The Balaban J connectivity index is 2.31. The molecule has 72 valence electrons. The molecule has 0 aliphatic carbocycles. The van der Waals surface area contributed by atoms with Crippen LogP contribution in [0.15, 0.2) is 6.33 Å². The first kappa shape index (κ1) is 10.2. The van der Waals surface area contributed by atoms with Crippen molar-refractivity contribution >= 4 is 21.8 Å². The highest BCUT2D eigenvalue weighted by Crippen LogP contribution is 2.03. The van der Waals surface area contributed by atoms with Crippen LogP contribution in [0.3, 0.4) is 0 Å². The monoisotopic (exact) mass is 246 g/mol. The normalized spacial score (nSPS) is 12.5. The van der Waals surface area contributed by atoms with Crippen molar-refractivity contribution in [2.45, 2.75) is 24.7 Å². The maximum Gasteiger partial charge on any atom is 0.234 e. The number of hydrogen-bond donors (Lipinski definition) is 2. The van der Waals surface area contributed by atoms with Gasteiger partial charge in [-0.05, 0) is 6.42 Å². The number of H-pyrrole nitrogens is 1. The minimum absolute atomic E-state index is 0.0288. The van der Waals surface area contributed by atoms with Crippen LogP contribution < -0.4 is 5.32 Å². The molecule has 0 spiro atoms. The maximum absolute atomic E-state index is 11.2. The van der Waals surface area contributed by atoms with E-state index in [1.807, 2.05) is 6.92 Å². The average Bonchev–Trinajstić information content (AvgIpc) is 2.65. The molecular weight excluding hydrogens is 236 g/mol. The molecule has 1 amide bonds. The second kappa shape index (κ2) is 4.96. The lowest BCUT2D eigenvalue weighted by Crippen LogP contribution is -2.30. The van der Waals surface area contributed by atoms with Gasteiger partial charge < -0.3 is 5.32 Å². The first-order chi connectivity index (χ1) is 6.24. The Hall–Kier alpha value is -0.910. The van der Waals surface area contributed by atoms with E-state index in [2.05, 4.69) is 36.4 Å². The highest BCUT2D eigenvalue weighted by atomic mass is 79.9. The van der Waals surface area contributed by atoms with E-state index in [4.69, 9.17) is 0 Å². The van der Waals surface area contributed by atoms with Crippen molar-refractivity contribution < 1.29 is 4.79 Å². The van der Waals surface area contributed by atoms with E-state index in [9.17, 15) is 4.79 Å². The quantitative estimate of drug-likeness (QED) is 0.765. The van der Waals surface area contributed by atoms with Crippen LogP contribution in [0.5, 0.6) is 0 Å². The molecule has 1 heterocycles. The summed E-state index contributed by atoms with van der Waals surface area (Å²) < 4.78 is 0. The Morgan fingerprint density at radius 2 is 2.62 bits per heavy atom. The Labute approximate surface area is 84.5 Å². The molecule has 0 aliphatic rings. The van der Waals surface area contributed by atoms with Gasteiger partial charge >= 0.3 is 0 Å². The minimum Gasteiger partial charge on any atom is -0.348 e. The number of halogens is 1. The largest absolute Gasteiger partial charge is 0.348 e. The molecule has 0 bridgehead atoms. The molecule has 0 aromatic carbocycles. The van der Waals surface area contributed by atoms with Gasteiger partial charge in [0.1, 0.15) is 12.2 Å². The number of nitrogens with zero attached hydrogens (tertiary/aromatic N) is 2. The van der Waals surface area contributed by atoms with E-state index >= 15 is 0 Å². The second-order valence-corrected chi connectivity index (χ2v) is 3.63. The van der Waals surface area contributed by atoms with Gasteiger partial charge in [0.25, 0.3) is 0 Å². The zero-order valence-electron chi connectivity index (χ0n) is 7.25. The van der Waals surface area contributed by atoms with Crippen molar-refractivity contribution in [3.63, 3.8) is 0 Å². The molecule has 1 atom stereocenters. The Bertz CT molecular complexity index is 261. The van der Waals surface area contributed by atoms with Gasteiger partial charge in [0.05, 0.1) is 11.4 Å². The molecule has 2 N–H and O–H groups in total. The number of alkyl halides is 1. The summed E-state index contributed by atoms with van der Waals surface area (Å²) in [5.74, 6) is 0.628. The van der Waals surface area contributed by atoms with Gasteiger partial charge in [0.2, 0.25) is 5.91 Å². The number of carbonyl (C=O) groups is 1. The fourth-order valence-corrected chi connectivity index (χ4v) is 0.945. The molecule has 6 heteroatoms. The van der Waals surface area contributed by atoms with Gasteiger partial charge in [-0.25, -0.2) is 4.98 Å². The molecule has 13 heavy (non-hydrogen) atoms. The van der Waals surface area contributed by atoms with Gasteiger partial charge in [0, 0.05) is 0 Å². The summed E-state index contributed by atoms with van der Waals surface area (Å²) in [6.07, 6.45) is 2.18. The van der Waals surface area contributed by atoms with Gasteiger partial charge in [-0.2, -0.15) is 5.10 Å². The van der Waals surface area contributed by atoms with E-state index in [0.29, 0.717) is 12.4 Å². The lowest BCUT2D eigenvalue weighted by molar-refractivity contribution is -0.120. The van der Waals surface area contributed by atoms with Crippen LogP contribution in [-0.4, -0.2) is 25.9 Å². The number of nitrogens with one attached hydrogen (secondary N) is 2. The average molecular weight is 247 g/mol. The lowest BCUT2D eigenvalue weighted by Gasteiger charge is -2.06. The van der Waals surface area contributed by atoms with Crippen LogP contribution in [0, 0.1) is 0 Å². The van der Waals surface area contributed by atoms with Crippen LogP contribution in [0.2, 0.25) is 0 Å². The van der Waals surface area contributed by atoms with E-state index in [1.165, 1.54) is 6.33 Å². The summed E-state index contributed by atoms with van der Waals surface area (Å²) in [5, 5.41) is 9.04. The van der Waals surface area contributed by atoms with Crippen LogP contribution in [0.25, 0.3) is 0 Å². The van der Waals surface area contributed by atoms with Crippen molar-refractivity contribution in [3.8, 4) is 0 Å². The zero-order valence-corrected chi connectivity index (χ0v) is 8.84. The molecular formula is C7H11BrN4O. The second-order valence-electron chi connectivity index (χ2n) is 2.53. The highest BCUT2D eigenvalue weighted by Gasteiger charge is 2.11. The third-order valence-corrected chi connectivity index (χ3v) is 2.60. The van der Waals surface area contributed by atoms with Crippen LogP contribution in [-0.2, 0) is 11.3 Å². The highest BCUT2D eigenvalue weighted by molar-refractivity contribution is 9.10. The number of hydrogen-bond acceptors (Lipinski definition) is 3. The summed E-state index contributed by atoms with van der Waals surface area (Å²) in [5.41, 5.74) is 0. The zero-order chi connectivity index (χ0) is 9.68. The van der Waals surface area contributed by atoms with Crippen molar-refractivity contribution in [3.05, 3.63) is 12.2 Å². The first-order valence-corrected chi connectivity index (χ1v) is 4.91. The maximum atomic E-state index is 11.2. The van der Waals surface area contributed by atoms with E-state index < -0.39 is 0 Å². The van der Waals surface area contributed by atoms with Crippen molar-refractivity contribution in [2.24, 2.45) is 0 Å². The summed E-state index contributed by atoms with van der Waals surface area (Å²) in [6, 6.07) is 0. The third kappa shape index (κ3) is 3.14. The molecule has 0 saturated heterocycles. The molecule has 5 nitrogen and oxygen atoms in total. The summed E-state index contributed by atoms with van der Waals surface area (Å²) in [7, 11) is 0. The van der Waals surface area contributed by atoms with Gasteiger partial charge in [-0.15, -0.1) is 0 Å². The fraction of sp³-hybridized carbons (Fsp3) is 0.571. The number of carbonyl (C=O) groups excluding carboxylic acids is 1. The molecule has 1 unspecified atom stereocenters. The van der Waals surface area contributed by atoms with Crippen molar-refractivity contribution in [1.82, 2.24) is 20.5 Å². The lowest BCUT2D eigenvalue weighted by atomic mass is 10.3. The smallest absolute Gasteiger partial charge is 0.234 e. The molecule has 0 radical (unpaired) electrons. The van der Waals surface area contributed by atoms with E-state index in [-0.39, 0.29) is 10.7 Å². The predicted octanol–water partition coefficient (Wildman–Crippen LogP) is 0.594. The van der Waals surface area contributed by atoms with Crippen LogP contribution in [0.4, 0.5) is 0 Å². The number of aromatic amines is 1. The SMILES string of the molecule is CCC(Br)C(=O)NCc1ncn[nH]1. The first-order valence-electron chi connectivity index (χ1n) is 4.00. The van der Waals surface area contributed by atoms with Crippen LogP contribution in [0.1, 0.15) is 19.2 Å². The number of amides is 1. The fourth-order valence-electron chi connectivity index (χ4n) is 0.783.